The SMILES string of the molecule is O=C(NCCO)c1cc(I)ccc1F. The molecule has 0 unspecified atom stereocenters. The van der Waals surface area contributed by atoms with Crippen LogP contribution >= 0.6 is 22.6 Å². The summed E-state index contributed by atoms with van der Waals surface area (Å²) < 4.78 is 13.9. The summed E-state index contributed by atoms with van der Waals surface area (Å²) in [6.45, 7) is -0.0268. The molecule has 0 aliphatic heterocycles. The Morgan fingerprint density at radius 1 is 1.57 bits per heavy atom. The summed E-state index contributed by atoms with van der Waals surface area (Å²) in [5.41, 5.74) is 0.00495. The molecular formula is C9H9FINO2. The highest BCUT2D eigenvalue weighted by molar-refractivity contribution is 14.1. The van der Waals surface area contributed by atoms with Gasteiger partial charge in [-0.2, -0.15) is 0 Å². The van der Waals surface area contributed by atoms with Crippen molar-refractivity contribution in [2.45, 2.75) is 0 Å². The van der Waals surface area contributed by atoms with Crippen LogP contribution < -0.4 is 5.32 Å². The maximum absolute atomic E-state index is 13.1. The smallest absolute Gasteiger partial charge is 0.254 e. The van der Waals surface area contributed by atoms with Crippen molar-refractivity contribution in [3.8, 4) is 0 Å². The number of carbonyl (C=O) groups is 1. The van der Waals surface area contributed by atoms with E-state index in [1.165, 1.54) is 12.1 Å². The van der Waals surface area contributed by atoms with Crippen molar-refractivity contribution in [1.29, 1.82) is 0 Å². The molecule has 0 saturated heterocycles. The Kier molecular flexibility index (Phi) is 4.27. The number of nitrogens with one attached hydrogen (secondary N) is 1. The van der Waals surface area contributed by atoms with Crippen molar-refractivity contribution in [3.63, 3.8) is 0 Å². The molecule has 0 aliphatic carbocycles. The Labute approximate surface area is 94.5 Å². The average Bonchev–Trinajstić information content (AvgIpc) is 2.18. The zero-order valence-corrected chi connectivity index (χ0v) is 9.42. The van der Waals surface area contributed by atoms with E-state index in [4.69, 9.17) is 5.11 Å². The summed E-state index contributed by atoms with van der Waals surface area (Å²) in [5, 5.41) is 10.9. The van der Waals surface area contributed by atoms with E-state index < -0.39 is 11.7 Å². The van der Waals surface area contributed by atoms with E-state index in [2.05, 4.69) is 5.32 Å². The van der Waals surface area contributed by atoms with Gasteiger partial charge in [-0.25, -0.2) is 4.39 Å². The maximum atomic E-state index is 13.1. The molecule has 0 bridgehead atoms. The lowest BCUT2D eigenvalue weighted by Crippen LogP contribution is -2.27. The molecular weight excluding hydrogens is 300 g/mol. The van der Waals surface area contributed by atoms with E-state index in [0.29, 0.717) is 0 Å². The van der Waals surface area contributed by atoms with Crippen molar-refractivity contribution in [1.82, 2.24) is 5.32 Å². The molecule has 2 N–H and O–H groups in total. The predicted molar refractivity (Wildman–Crippen MR) is 58.5 cm³/mol. The fraction of sp³-hybridized carbons (Fsp3) is 0.222. The minimum absolute atomic E-state index is 0.00495. The normalized spacial score (nSPS) is 9.93. The number of amides is 1. The molecule has 0 heterocycles. The number of rotatable bonds is 3. The summed E-state index contributed by atoms with van der Waals surface area (Å²) in [7, 11) is 0. The Hall–Kier alpha value is -0.690. The van der Waals surface area contributed by atoms with E-state index in [1.807, 2.05) is 22.6 Å². The van der Waals surface area contributed by atoms with Crippen LogP contribution in [0, 0.1) is 9.39 Å². The number of carbonyl (C=O) groups excluding carboxylic acids is 1. The van der Waals surface area contributed by atoms with Crippen molar-refractivity contribution in [3.05, 3.63) is 33.1 Å². The van der Waals surface area contributed by atoms with Gasteiger partial charge in [-0.1, -0.05) is 0 Å². The predicted octanol–water partition coefficient (Wildman–Crippen LogP) is 1.15. The summed E-state index contributed by atoms with van der Waals surface area (Å²) in [6, 6.07) is 4.29. The Morgan fingerprint density at radius 3 is 2.93 bits per heavy atom. The first-order valence-corrected chi connectivity index (χ1v) is 5.07. The van der Waals surface area contributed by atoms with Gasteiger partial charge < -0.3 is 10.4 Å². The van der Waals surface area contributed by atoms with Gasteiger partial charge in [0.2, 0.25) is 0 Å². The van der Waals surface area contributed by atoms with Crippen LogP contribution in [0.1, 0.15) is 10.4 Å². The molecule has 5 heteroatoms. The Bertz CT molecular complexity index is 344. The van der Waals surface area contributed by atoms with Gasteiger partial charge in [0.15, 0.2) is 0 Å². The molecule has 1 rings (SSSR count). The van der Waals surface area contributed by atoms with Crippen LogP contribution in [0.5, 0.6) is 0 Å². The number of hydrogen-bond donors (Lipinski definition) is 2. The standard InChI is InChI=1S/C9H9FINO2/c10-8-2-1-6(11)5-7(8)9(14)12-3-4-13/h1-2,5,13H,3-4H2,(H,12,14). The lowest BCUT2D eigenvalue weighted by molar-refractivity contribution is 0.0940. The maximum Gasteiger partial charge on any atom is 0.254 e. The van der Waals surface area contributed by atoms with Gasteiger partial charge >= 0.3 is 0 Å². The zero-order chi connectivity index (χ0) is 10.6. The van der Waals surface area contributed by atoms with E-state index >= 15 is 0 Å². The van der Waals surface area contributed by atoms with Gasteiger partial charge in [0.25, 0.3) is 5.91 Å². The molecule has 0 saturated carbocycles. The van der Waals surface area contributed by atoms with Crippen LogP contribution in [0.2, 0.25) is 0 Å². The van der Waals surface area contributed by atoms with E-state index in [-0.39, 0.29) is 18.7 Å². The third-order valence-corrected chi connectivity index (χ3v) is 2.24. The first kappa shape index (κ1) is 11.4. The lowest BCUT2D eigenvalue weighted by atomic mass is 10.2. The molecule has 3 nitrogen and oxygen atoms in total. The molecule has 0 aliphatic rings. The molecule has 0 spiro atoms. The molecule has 0 aromatic heterocycles. The van der Waals surface area contributed by atoms with Gasteiger partial charge in [-0.3, -0.25) is 4.79 Å². The van der Waals surface area contributed by atoms with Crippen LogP contribution in [0.4, 0.5) is 4.39 Å². The number of aliphatic hydroxyl groups is 1. The van der Waals surface area contributed by atoms with Crippen molar-refractivity contribution >= 4 is 28.5 Å². The second-order valence-electron chi connectivity index (χ2n) is 2.60. The number of benzene rings is 1. The topological polar surface area (TPSA) is 49.3 Å². The van der Waals surface area contributed by atoms with Gasteiger partial charge in [0.05, 0.1) is 12.2 Å². The van der Waals surface area contributed by atoms with E-state index in [1.54, 1.807) is 6.07 Å². The molecule has 1 aromatic rings. The average molecular weight is 309 g/mol. The summed E-state index contributed by atoms with van der Waals surface area (Å²) in [5.74, 6) is -1.06. The number of hydrogen-bond acceptors (Lipinski definition) is 2. The van der Waals surface area contributed by atoms with E-state index in [9.17, 15) is 9.18 Å². The van der Waals surface area contributed by atoms with Crippen molar-refractivity contribution in [2.75, 3.05) is 13.2 Å². The van der Waals surface area contributed by atoms with Crippen molar-refractivity contribution < 1.29 is 14.3 Å². The first-order chi connectivity index (χ1) is 6.65. The second-order valence-corrected chi connectivity index (χ2v) is 3.85. The quantitative estimate of drug-likeness (QED) is 0.823. The Balaban J connectivity index is 2.83. The summed E-state index contributed by atoms with van der Waals surface area (Å²) >= 11 is 2.00. The summed E-state index contributed by atoms with van der Waals surface area (Å²) in [4.78, 5) is 11.3. The highest BCUT2D eigenvalue weighted by Crippen LogP contribution is 2.12. The lowest BCUT2D eigenvalue weighted by Gasteiger charge is -2.04. The largest absolute Gasteiger partial charge is 0.395 e. The Morgan fingerprint density at radius 2 is 2.29 bits per heavy atom. The zero-order valence-electron chi connectivity index (χ0n) is 7.26. The molecule has 0 radical (unpaired) electrons. The molecule has 76 valence electrons. The van der Waals surface area contributed by atoms with Crippen LogP contribution in [0.3, 0.4) is 0 Å². The third kappa shape index (κ3) is 2.91. The highest BCUT2D eigenvalue weighted by Gasteiger charge is 2.10. The van der Waals surface area contributed by atoms with Crippen LogP contribution in [0.25, 0.3) is 0 Å². The van der Waals surface area contributed by atoms with E-state index in [0.717, 1.165) is 3.57 Å². The monoisotopic (exact) mass is 309 g/mol. The van der Waals surface area contributed by atoms with Crippen LogP contribution in [-0.4, -0.2) is 24.2 Å². The molecule has 14 heavy (non-hydrogen) atoms. The number of halogens is 2. The molecule has 0 atom stereocenters. The molecule has 1 aromatic carbocycles. The molecule has 1 amide bonds. The van der Waals surface area contributed by atoms with Gasteiger partial charge in [0.1, 0.15) is 5.82 Å². The number of aliphatic hydroxyl groups excluding tert-OH is 1. The molecule has 0 fully saturated rings. The first-order valence-electron chi connectivity index (χ1n) is 3.99. The van der Waals surface area contributed by atoms with Gasteiger partial charge in [0, 0.05) is 10.1 Å². The van der Waals surface area contributed by atoms with Gasteiger partial charge in [-0.15, -0.1) is 0 Å². The second kappa shape index (κ2) is 5.26. The van der Waals surface area contributed by atoms with Gasteiger partial charge in [-0.05, 0) is 40.8 Å². The van der Waals surface area contributed by atoms with Crippen LogP contribution in [0.15, 0.2) is 18.2 Å². The minimum Gasteiger partial charge on any atom is -0.395 e. The fourth-order valence-electron chi connectivity index (χ4n) is 0.936. The fourth-order valence-corrected chi connectivity index (χ4v) is 1.43. The minimum atomic E-state index is -0.555. The third-order valence-electron chi connectivity index (χ3n) is 1.57. The highest BCUT2D eigenvalue weighted by atomic mass is 127. The summed E-state index contributed by atoms with van der Waals surface area (Å²) in [6.07, 6.45) is 0. The van der Waals surface area contributed by atoms with Crippen molar-refractivity contribution in [2.24, 2.45) is 0 Å². The van der Waals surface area contributed by atoms with Crippen LogP contribution in [-0.2, 0) is 0 Å².